The summed E-state index contributed by atoms with van der Waals surface area (Å²) in [6.07, 6.45) is 3.90. The Morgan fingerprint density at radius 3 is 2.68 bits per heavy atom. The van der Waals surface area contributed by atoms with E-state index in [1.807, 2.05) is 0 Å². The first-order valence-electron chi connectivity index (χ1n) is 6.40. The van der Waals surface area contributed by atoms with Gasteiger partial charge in [0.2, 0.25) is 5.91 Å². The van der Waals surface area contributed by atoms with E-state index in [2.05, 4.69) is 21.2 Å². The quantitative estimate of drug-likeness (QED) is 0.891. The summed E-state index contributed by atoms with van der Waals surface area (Å²) in [5, 5.41) is 12.4. The van der Waals surface area contributed by atoms with E-state index >= 15 is 0 Å². The molecule has 0 radical (unpaired) electrons. The molecule has 104 valence electrons. The second kappa shape index (κ2) is 6.01. The maximum Gasteiger partial charge on any atom is 0.224 e. The number of carbonyl (C=O) groups is 1. The van der Waals surface area contributed by atoms with Crippen molar-refractivity contribution < 1.29 is 14.3 Å². The highest BCUT2D eigenvalue weighted by Gasteiger charge is 2.34. The Kier molecular flexibility index (Phi) is 4.58. The minimum absolute atomic E-state index is 0.0220. The lowest BCUT2D eigenvalue weighted by atomic mass is 9.98. The summed E-state index contributed by atoms with van der Waals surface area (Å²) in [6.45, 7) is -0.0220. The van der Waals surface area contributed by atoms with Crippen LogP contribution in [0.5, 0.6) is 0 Å². The van der Waals surface area contributed by atoms with Gasteiger partial charge in [-0.3, -0.25) is 4.79 Å². The van der Waals surface area contributed by atoms with E-state index < -0.39 is 5.54 Å². The smallest absolute Gasteiger partial charge is 0.224 e. The summed E-state index contributed by atoms with van der Waals surface area (Å²) in [4.78, 5) is 12.0. The normalized spacial score (nSPS) is 17.4. The van der Waals surface area contributed by atoms with Crippen LogP contribution in [-0.4, -0.2) is 23.2 Å². The fraction of sp³-hybridized carbons (Fsp3) is 0.500. The van der Waals surface area contributed by atoms with Crippen LogP contribution in [0.25, 0.3) is 0 Å². The number of benzene rings is 1. The number of hydrogen-bond acceptors (Lipinski definition) is 2. The standard InChI is InChI=1S/C14H17BrFNO2/c15-11-7-10(3-4-12(11)16)8-13(19)17-14(9-18)5-1-2-6-14/h3-4,7,18H,1-2,5-6,8-9H2,(H,17,19). The summed E-state index contributed by atoms with van der Waals surface area (Å²) in [6, 6.07) is 4.54. The zero-order valence-corrected chi connectivity index (χ0v) is 12.2. The molecule has 19 heavy (non-hydrogen) atoms. The Bertz CT molecular complexity index is 473. The molecule has 1 saturated carbocycles. The molecule has 1 aliphatic rings. The van der Waals surface area contributed by atoms with Crippen LogP contribution in [0.2, 0.25) is 0 Å². The number of aliphatic hydroxyl groups is 1. The van der Waals surface area contributed by atoms with Crippen molar-refractivity contribution in [1.29, 1.82) is 0 Å². The molecule has 0 heterocycles. The Labute approximate surface area is 120 Å². The third-order valence-corrected chi connectivity index (χ3v) is 4.22. The molecule has 1 amide bonds. The van der Waals surface area contributed by atoms with Crippen LogP contribution < -0.4 is 5.32 Å². The van der Waals surface area contributed by atoms with E-state index in [1.54, 1.807) is 12.1 Å². The lowest BCUT2D eigenvalue weighted by Crippen LogP contribution is -2.49. The van der Waals surface area contributed by atoms with Crippen LogP contribution in [0, 0.1) is 5.82 Å². The van der Waals surface area contributed by atoms with E-state index in [4.69, 9.17) is 0 Å². The van der Waals surface area contributed by atoms with Gasteiger partial charge in [0.25, 0.3) is 0 Å². The molecule has 0 aromatic heterocycles. The van der Waals surface area contributed by atoms with Crippen molar-refractivity contribution in [3.8, 4) is 0 Å². The van der Waals surface area contributed by atoms with Gasteiger partial charge >= 0.3 is 0 Å². The fourth-order valence-corrected chi connectivity index (χ4v) is 2.98. The largest absolute Gasteiger partial charge is 0.394 e. The summed E-state index contributed by atoms with van der Waals surface area (Å²) in [5.41, 5.74) is 0.297. The molecule has 1 fully saturated rings. The molecule has 0 atom stereocenters. The molecule has 1 aromatic carbocycles. The highest BCUT2D eigenvalue weighted by molar-refractivity contribution is 9.10. The first-order chi connectivity index (χ1) is 9.04. The molecule has 0 saturated heterocycles. The number of carbonyl (C=O) groups excluding carboxylic acids is 1. The van der Waals surface area contributed by atoms with E-state index in [0.717, 1.165) is 31.2 Å². The number of aliphatic hydroxyl groups excluding tert-OH is 1. The third-order valence-electron chi connectivity index (χ3n) is 3.62. The van der Waals surface area contributed by atoms with Gasteiger partial charge in [-0.25, -0.2) is 4.39 Å². The fourth-order valence-electron chi connectivity index (χ4n) is 2.55. The molecule has 3 nitrogen and oxygen atoms in total. The predicted octanol–water partition coefficient (Wildman–Crippen LogP) is 2.55. The van der Waals surface area contributed by atoms with Crippen molar-refractivity contribution in [2.24, 2.45) is 0 Å². The minimum atomic E-state index is -0.450. The first kappa shape index (κ1) is 14.5. The van der Waals surface area contributed by atoms with Crippen molar-refractivity contribution in [2.45, 2.75) is 37.6 Å². The maximum absolute atomic E-state index is 13.1. The Balaban J connectivity index is 1.99. The molecule has 2 rings (SSSR count). The van der Waals surface area contributed by atoms with Crippen molar-refractivity contribution in [2.75, 3.05) is 6.61 Å². The number of halogens is 2. The molecule has 5 heteroatoms. The first-order valence-corrected chi connectivity index (χ1v) is 7.20. The van der Waals surface area contributed by atoms with Gasteiger partial charge in [0, 0.05) is 0 Å². The molecule has 0 bridgehead atoms. The van der Waals surface area contributed by atoms with E-state index in [9.17, 15) is 14.3 Å². The molecule has 2 N–H and O–H groups in total. The number of nitrogens with one attached hydrogen (secondary N) is 1. The highest BCUT2D eigenvalue weighted by atomic mass is 79.9. The zero-order chi connectivity index (χ0) is 13.9. The van der Waals surface area contributed by atoms with Gasteiger partial charge in [-0.2, -0.15) is 0 Å². The van der Waals surface area contributed by atoms with Gasteiger partial charge in [0.05, 0.1) is 23.0 Å². The lowest BCUT2D eigenvalue weighted by molar-refractivity contribution is -0.122. The van der Waals surface area contributed by atoms with Gasteiger partial charge in [-0.05, 0) is 46.5 Å². The highest BCUT2D eigenvalue weighted by Crippen LogP contribution is 2.29. The van der Waals surface area contributed by atoms with Crippen molar-refractivity contribution in [3.63, 3.8) is 0 Å². The topological polar surface area (TPSA) is 49.3 Å². The Morgan fingerprint density at radius 1 is 1.42 bits per heavy atom. The number of amides is 1. The molecule has 1 aromatic rings. The van der Waals surface area contributed by atoms with Crippen LogP contribution in [0.15, 0.2) is 22.7 Å². The zero-order valence-electron chi connectivity index (χ0n) is 10.6. The van der Waals surface area contributed by atoms with Crippen molar-refractivity contribution >= 4 is 21.8 Å². The second-order valence-corrected chi connectivity index (χ2v) is 5.97. The van der Waals surface area contributed by atoms with Crippen LogP contribution in [0.3, 0.4) is 0 Å². The maximum atomic E-state index is 13.1. The minimum Gasteiger partial charge on any atom is -0.394 e. The monoisotopic (exact) mass is 329 g/mol. The van der Waals surface area contributed by atoms with Crippen molar-refractivity contribution in [3.05, 3.63) is 34.1 Å². The van der Waals surface area contributed by atoms with Gasteiger partial charge in [0.15, 0.2) is 0 Å². The second-order valence-electron chi connectivity index (χ2n) is 5.12. The third kappa shape index (κ3) is 3.54. The predicted molar refractivity (Wildman–Crippen MR) is 74.2 cm³/mol. The van der Waals surface area contributed by atoms with Gasteiger partial charge in [-0.15, -0.1) is 0 Å². The van der Waals surface area contributed by atoms with Crippen molar-refractivity contribution in [1.82, 2.24) is 5.32 Å². The van der Waals surface area contributed by atoms with Gasteiger partial charge in [-0.1, -0.05) is 18.9 Å². The molecular weight excluding hydrogens is 313 g/mol. The van der Waals surface area contributed by atoms with E-state index in [-0.39, 0.29) is 24.8 Å². The average Bonchev–Trinajstić information content (AvgIpc) is 2.83. The number of hydrogen-bond donors (Lipinski definition) is 2. The van der Waals surface area contributed by atoms with Crippen LogP contribution >= 0.6 is 15.9 Å². The summed E-state index contributed by atoms with van der Waals surface area (Å²) >= 11 is 3.10. The Hall–Kier alpha value is -0.940. The van der Waals surface area contributed by atoms with Gasteiger partial charge < -0.3 is 10.4 Å². The molecule has 1 aliphatic carbocycles. The Morgan fingerprint density at radius 2 is 2.11 bits per heavy atom. The molecule has 0 unspecified atom stereocenters. The van der Waals surface area contributed by atoms with Gasteiger partial charge in [0.1, 0.15) is 5.82 Å². The summed E-state index contributed by atoms with van der Waals surface area (Å²) in [5.74, 6) is -0.471. The molecule has 0 aliphatic heterocycles. The van der Waals surface area contributed by atoms with Crippen LogP contribution in [0.1, 0.15) is 31.2 Å². The molecule has 0 spiro atoms. The molecular formula is C14H17BrFNO2. The van der Waals surface area contributed by atoms with E-state index in [0.29, 0.717) is 4.47 Å². The summed E-state index contributed by atoms with van der Waals surface area (Å²) < 4.78 is 13.5. The summed E-state index contributed by atoms with van der Waals surface area (Å²) in [7, 11) is 0. The van der Waals surface area contributed by atoms with Crippen LogP contribution in [0.4, 0.5) is 4.39 Å². The lowest BCUT2D eigenvalue weighted by Gasteiger charge is -2.28. The van der Waals surface area contributed by atoms with Crippen LogP contribution in [-0.2, 0) is 11.2 Å². The average molecular weight is 330 g/mol. The SMILES string of the molecule is O=C(Cc1ccc(F)c(Br)c1)NC1(CO)CCCC1. The van der Waals surface area contributed by atoms with E-state index in [1.165, 1.54) is 6.07 Å². The number of rotatable bonds is 4.